The van der Waals surface area contributed by atoms with Gasteiger partial charge in [-0.2, -0.15) is 5.53 Å². The Morgan fingerprint density at radius 3 is 2.33 bits per heavy atom. The van der Waals surface area contributed by atoms with Crippen molar-refractivity contribution in [3.05, 3.63) is 0 Å². The van der Waals surface area contributed by atoms with Crippen LogP contribution < -0.4 is 16.8 Å². The van der Waals surface area contributed by atoms with E-state index < -0.39 is 0 Å². The standard InChI is InChI=1S/C6H15N3/c7-9-8-6-4-2-1-3-5-6/h6,8-9H,1-5,7H2. The quantitative estimate of drug-likeness (QED) is 0.371. The molecule has 0 saturated heterocycles. The van der Waals surface area contributed by atoms with Gasteiger partial charge in [0.2, 0.25) is 0 Å². The molecule has 0 aliphatic heterocycles. The van der Waals surface area contributed by atoms with Gasteiger partial charge in [0, 0.05) is 6.04 Å². The lowest BCUT2D eigenvalue weighted by molar-refractivity contribution is 0.337. The summed E-state index contributed by atoms with van der Waals surface area (Å²) in [5.74, 6) is 5.10. The van der Waals surface area contributed by atoms with Gasteiger partial charge in [0.1, 0.15) is 0 Å². The van der Waals surface area contributed by atoms with E-state index in [-0.39, 0.29) is 0 Å². The maximum atomic E-state index is 5.10. The molecule has 1 aliphatic carbocycles. The lowest BCUT2D eigenvalue weighted by Gasteiger charge is -2.21. The van der Waals surface area contributed by atoms with Crippen molar-refractivity contribution in [2.45, 2.75) is 38.1 Å². The van der Waals surface area contributed by atoms with Gasteiger partial charge in [-0.25, -0.2) is 5.43 Å². The van der Waals surface area contributed by atoms with Crippen LogP contribution in [0.2, 0.25) is 0 Å². The van der Waals surface area contributed by atoms with E-state index in [0.29, 0.717) is 6.04 Å². The molecule has 3 heteroatoms. The Morgan fingerprint density at radius 1 is 1.11 bits per heavy atom. The van der Waals surface area contributed by atoms with Crippen molar-refractivity contribution in [2.24, 2.45) is 5.84 Å². The molecule has 0 aromatic heterocycles. The minimum Gasteiger partial charge on any atom is -0.258 e. The van der Waals surface area contributed by atoms with Crippen LogP contribution in [0.3, 0.4) is 0 Å². The monoisotopic (exact) mass is 129 g/mol. The van der Waals surface area contributed by atoms with Crippen LogP contribution >= 0.6 is 0 Å². The van der Waals surface area contributed by atoms with Crippen molar-refractivity contribution < 1.29 is 0 Å². The van der Waals surface area contributed by atoms with Crippen LogP contribution in [0.15, 0.2) is 0 Å². The zero-order valence-corrected chi connectivity index (χ0v) is 5.69. The van der Waals surface area contributed by atoms with Gasteiger partial charge in [-0.05, 0) is 12.8 Å². The minimum atomic E-state index is 0.615. The third kappa shape index (κ3) is 2.30. The summed E-state index contributed by atoms with van der Waals surface area (Å²) < 4.78 is 0. The molecule has 3 nitrogen and oxygen atoms in total. The van der Waals surface area contributed by atoms with Crippen LogP contribution in [0.4, 0.5) is 0 Å². The summed E-state index contributed by atoms with van der Waals surface area (Å²) in [7, 11) is 0. The molecule has 9 heavy (non-hydrogen) atoms. The molecule has 1 fully saturated rings. The maximum Gasteiger partial charge on any atom is 0.0226 e. The minimum absolute atomic E-state index is 0.615. The van der Waals surface area contributed by atoms with Crippen molar-refractivity contribution >= 4 is 0 Å². The lowest BCUT2D eigenvalue weighted by Crippen LogP contribution is -2.45. The summed E-state index contributed by atoms with van der Waals surface area (Å²) >= 11 is 0. The van der Waals surface area contributed by atoms with E-state index in [1.807, 2.05) is 0 Å². The van der Waals surface area contributed by atoms with Crippen LogP contribution in [0, 0.1) is 0 Å². The molecule has 0 unspecified atom stereocenters. The summed E-state index contributed by atoms with van der Waals surface area (Å²) in [5, 5.41) is 0. The molecule has 0 aromatic carbocycles. The lowest BCUT2D eigenvalue weighted by atomic mass is 9.96. The molecule has 1 saturated carbocycles. The summed E-state index contributed by atoms with van der Waals surface area (Å²) in [6, 6.07) is 0.615. The summed E-state index contributed by atoms with van der Waals surface area (Å²) in [5.41, 5.74) is 5.50. The number of hydrogen-bond acceptors (Lipinski definition) is 3. The molecule has 4 N–H and O–H groups in total. The highest BCUT2D eigenvalue weighted by Gasteiger charge is 2.10. The number of hydrogen-bond donors (Lipinski definition) is 3. The van der Waals surface area contributed by atoms with Gasteiger partial charge in [0.15, 0.2) is 0 Å². The molecule has 0 spiro atoms. The first-order valence-electron chi connectivity index (χ1n) is 3.64. The normalized spacial score (nSPS) is 22.3. The Balaban J connectivity index is 2.08. The summed E-state index contributed by atoms with van der Waals surface area (Å²) in [4.78, 5) is 0. The largest absolute Gasteiger partial charge is 0.258 e. The number of hydrazine groups is 2. The molecule has 1 rings (SSSR count). The average molecular weight is 129 g/mol. The smallest absolute Gasteiger partial charge is 0.0226 e. The SMILES string of the molecule is NNNC1CCCCC1. The number of nitrogens with two attached hydrogens (primary N) is 1. The second-order valence-corrected chi connectivity index (χ2v) is 2.62. The summed E-state index contributed by atoms with van der Waals surface area (Å²) in [6.07, 6.45) is 6.62. The third-order valence-electron chi connectivity index (χ3n) is 1.89. The first-order valence-corrected chi connectivity index (χ1v) is 3.64. The fourth-order valence-electron chi connectivity index (χ4n) is 1.36. The fourth-order valence-corrected chi connectivity index (χ4v) is 1.36. The van der Waals surface area contributed by atoms with Gasteiger partial charge in [-0.1, -0.05) is 19.3 Å². The third-order valence-corrected chi connectivity index (χ3v) is 1.89. The summed E-state index contributed by atoms with van der Waals surface area (Å²) in [6.45, 7) is 0. The van der Waals surface area contributed by atoms with E-state index in [0.717, 1.165) is 0 Å². The van der Waals surface area contributed by atoms with E-state index in [1.165, 1.54) is 32.1 Å². The van der Waals surface area contributed by atoms with Gasteiger partial charge in [0.05, 0.1) is 0 Å². The van der Waals surface area contributed by atoms with Crippen LogP contribution in [0.1, 0.15) is 32.1 Å². The van der Waals surface area contributed by atoms with Crippen molar-refractivity contribution in [1.82, 2.24) is 11.0 Å². The molecule has 0 aromatic rings. The maximum absolute atomic E-state index is 5.10. The van der Waals surface area contributed by atoms with Gasteiger partial charge in [-0.15, -0.1) is 0 Å². The second-order valence-electron chi connectivity index (χ2n) is 2.62. The first kappa shape index (κ1) is 6.99. The van der Waals surface area contributed by atoms with Crippen molar-refractivity contribution in [3.63, 3.8) is 0 Å². The predicted molar refractivity (Wildman–Crippen MR) is 37.3 cm³/mol. The number of nitrogens with one attached hydrogen (secondary N) is 2. The van der Waals surface area contributed by atoms with E-state index in [1.54, 1.807) is 0 Å². The van der Waals surface area contributed by atoms with Gasteiger partial charge in [-0.3, -0.25) is 5.84 Å². The fraction of sp³-hybridized carbons (Fsp3) is 1.00. The van der Waals surface area contributed by atoms with Crippen molar-refractivity contribution in [1.29, 1.82) is 0 Å². The second kappa shape index (κ2) is 3.82. The van der Waals surface area contributed by atoms with E-state index in [4.69, 9.17) is 5.84 Å². The zero-order chi connectivity index (χ0) is 6.53. The van der Waals surface area contributed by atoms with Crippen LogP contribution in [-0.4, -0.2) is 6.04 Å². The van der Waals surface area contributed by atoms with Crippen molar-refractivity contribution in [3.8, 4) is 0 Å². The average Bonchev–Trinajstić information content (AvgIpc) is 1.91. The molecule has 0 radical (unpaired) electrons. The highest BCUT2D eigenvalue weighted by molar-refractivity contribution is 4.68. The zero-order valence-electron chi connectivity index (χ0n) is 5.69. The molecular weight excluding hydrogens is 114 g/mol. The Labute approximate surface area is 55.9 Å². The highest BCUT2D eigenvalue weighted by atomic mass is 15.5. The van der Waals surface area contributed by atoms with Crippen LogP contribution in [0.25, 0.3) is 0 Å². The Morgan fingerprint density at radius 2 is 1.78 bits per heavy atom. The molecule has 0 amide bonds. The predicted octanol–water partition coefficient (Wildman–Crippen LogP) is 0.287. The molecule has 0 atom stereocenters. The first-order chi connectivity index (χ1) is 4.43. The Hall–Kier alpha value is -0.120. The van der Waals surface area contributed by atoms with Gasteiger partial charge >= 0.3 is 0 Å². The van der Waals surface area contributed by atoms with Gasteiger partial charge in [0.25, 0.3) is 0 Å². The van der Waals surface area contributed by atoms with E-state index >= 15 is 0 Å². The molecule has 54 valence electrons. The van der Waals surface area contributed by atoms with Crippen molar-refractivity contribution in [2.75, 3.05) is 0 Å². The highest BCUT2D eigenvalue weighted by Crippen LogP contribution is 2.16. The van der Waals surface area contributed by atoms with E-state index in [9.17, 15) is 0 Å². The molecular formula is C6H15N3. The molecule has 0 bridgehead atoms. The number of rotatable bonds is 2. The van der Waals surface area contributed by atoms with E-state index in [2.05, 4.69) is 11.0 Å². The topological polar surface area (TPSA) is 50.1 Å². The Kier molecular flexibility index (Phi) is 2.97. The van der Waals surface area contributed by atoms with Gasteiger partial charge < -0.3 is 0 Å². The van der Waals surface area contributed by atoms with Crippen LogP contribution in [-0.2, 0) is 0 Å². The molecule has 0 heterocycles. The Bertz CT molecular complexity index is 65.9. The van der Waals surface area contributed by atoms with Crippen LogP contribution in [0.5, 0.6) is 0 Å². The molecule has 1 aliphatic rings.